The molecule has 0 spiro atoms. The van der Waals surface area contributed by atoms with Gasteiger partial charge in [0.2, 0.25) is 0 Å². The third-order valence-electron chi connectivity index (χ3n) is 3.08. The van der Waals surface area contributed by atoms with Crippen molar-refractivity contribution in [1.29, 1.82) is 0 Å². The summed E-state index contributed by atoms with van der Waals surface area (Å²) >= 11 is 0. The van der Waals surface area contributed by atoms with Crippen LogP contribution in [0.3, 0.4) is 0 Å². The zero-order chi connectivity index (χ0) is 13.8. The highest BCUT2D eigenvalue weighted by molar-refractivity contribution is 6.06. The van der Waals surface area contributed by atoms with Gasteiger partial charge in [-0.2, -0.15) is 0 Å². The first-order valence-electron chi connectivity index (χ1n) is 6.19. The minimum Gasteiger partial charge on any atom is -0.392 e. The van der Waals surface area contributed by atoms with Crippen LogP contribution in [0.15, 0.2) is 42.5 Å². The predicted molar refractivity (Wildman–Crippen MR) is 76.2 cm³/mol. The van der Waals surface area contributed by atoms with Gasteiger partial charge in [0.1, 0.15) is 0 Å². The van der Waals surface area contributed by atoms with Crippen LogP contribution in [-0.4, -0.2) is 11.0 Å². The zero-order valence-corrected chi connectivity index (χ0v) is 11.1. The van der Waals surface area contributed by atoms with Crippen LogP contribution in [0, 0.1) is 13.8 Å². The van der Waals surface area contributed by atoms with Crippen molar-refractivity contribution < 1.29 is 9.90 Å². The summed E-state index contributed by atoms with van der Waals surface area (Å²) in [7, 11) is 0. The molecule has 2 aromatic carbocycles. The Kier molecular flexibility index (Phi) is 3.97. The van der Waals surface area contributed by atoms with Crippen LogP contribution in [0.4, 0.5) is 5.69 Å². The number of anilines is 1. The van der Waals surface area contributed by atoms with Crippen LogP contribution < -0.4 is 5.32 Å². The summed E-state index contributed by atoms with van der Waals surface area (Å²) in [4.78, 5) is 12.3. The Morgan fingerprint density at radius 3 is 2.37 bits per heavy atom. The number of rotatable bonds is 3. The number of aliphatic hydroxyl groups is 1. The first kappa shape index (κ1) is 13.3. The average Bonchev–Trinajstić information content (AvgIpc) is 2.38. The molecule has 19 heavy (non-hydrogen) atoms. The number of nitrogens with one attached hydrogen (secondary N) is 1. The first-order chi connectivity index (χ1) is 9.11. The molecule has 0 saturated heterocycles. The van der Waals surface area contributed by atoms with Gasteiger partial charge in [0.05, 0.1) is 6.61 Å². The smallest absolute Gasteiger partial charge is 0.256 e. The van der Waals surface area contributed by atoms with E-state index >= 15 is 0 Å². The summed E-state index contributed by atoms with van der Waals surface area (Å²) in [6.45, 7) is 3.81. The Balaban J connectivity index is 2.26. The number of carbonyl (C=O) groups is 1. The summed E-state index contributed by atoms with van der Waals surface area (Å²) in [5.41, 5.74) is 4.09. The maximum absolute atomic E-state index is 12.3. The Hall–Kier alpha value is -2.13. The Labute approximate surface area is 112 Å². The van der Waals surface area contributed by atoms with Crippen LogP contribution in [-0.2, 0) is 6.61 Å². The van der Waals surface area contributed by atoms with Gasteiger partial charge in [-0.05, 0) is 42.7 Å². The Morgan fingerprint density at radius 2 is 1.74 bits per heavy atom. The summed E-state index contributed by atoms with van der Waals surface area (Å²) in [6.07, 6.45) is 0. The molecular formula is C16H17NO2. The van der Waals surface area contributed by atoms with Gasteiger partial charge in [-0.3, -0.25) is 4.79 Å². The highest BCUT2D eigenvalue weighted by Gasteiger charge is 2.11. The molecule has 0 fully saturated rings. The maximum Gasteiger partial charge on any atom is 0.256 e. The molecule has 0 unspecified atom stereocenters. The minimum absolute atomic E-state index is 0.0346. The second-order valence-electron chi connectivity index (χ2n) is 4.58. The van der Waals surface area contributed by atoms with Gasteiger partial charge in [-0.1, -0.05) is 30.3 Å². The van der Waals surface area contributed by atoms with E-state index in [0.717, 1.165) is 16.7 Å². The molecule has 0 aliphatic carbocycles. The fourth-order valence-electron chi connectivity index (χ4n) is 2.11. The van der Waals surface area contributed by atoms with Crippen molar-refractivity contribution in [3.8, 4) is 0 Å². The molecule has 3 heteroatoms. The zero-order valence-electron chi connectivity index (χ0n) is 11.1. The second-order valence-corrected chi connectivity index (χ2v) is 4.58. The van der Waals surface area contributed by atoms with Crippen molar-refractivity contribution >= 4 is 11.6 Å². The highest BCUT2D eigenvalue weighted by atomic mass is 16.3. The van der Waals surface area contributed by atoms with Gasteiger partial charge in [0.25, 0.3) is 5.91 Å². The fourth-order valence-corrected chi connectivity index (χ4v) is 2.11. The molecule has 3 nitrogen and oxygen atoms in total. The van der Waals surface area contributed by atoms with Gasteiger partial charge in [0.15, 0.2) is 0 Å². The number of aryl methyl sites for hydroxylation is 2. The van der Waals surface area contributed by atoms with E-state index in [1.165, 1.54) is 0 Å². The van der Waals surface area contributed by atoms with Crippen molar-refractivity contribution in [3.05, 3.63) is 64.7 Å². The molecule has 0 aliphatic heterocycles. The third kappa shape index (κ3) is 3.01. The molecule has 98 valence electrons. The number of hydrogen-bond donors (Lipinski definition) is 2. The normalized spacial score (nSPS) is 10.3. The summed E-state index contributed by atoms with van der Waals surface area (Å²) in [5, 5.41) is 12.0. The van der Waals surface area contributed by atoms with Crippen molar-refractivity contribution in [2.24, 2.45) is 0 Å². The van der Waals surface area contributed by atoms with Crippen LogP contribution in [0.25, 0.3) is 0 Å². The number of benzene rings is 2. The minimum atomic E-state index is -0.120. The van der Waals surface area contributed by atoms with E-state index in [1.54, 1.807) is 6.07 Å². The summed E-state index contributed by atoms with van der Waals surface area (Å²) in [5.74, 6) is -0.120. The SMILES string of the molecule is Cc1cccc(C)c1C(=O)Nc1cccc(CO)c1. The van der Waals surface area contributed by atoms with E-state index < -0.39 is 0 Å². The van der Waals surface area contributed by atoms with E-state index in [0.29, 0.717) is 11.3 Å². The summed E-state index contributed by atoms with van der Waals surface area (Å²) in [6, 6.07) is 13.0. The standard InChI is InChI=1S/C16H17NO2/c1-11-5-3-6-12(2)15(11)16(19)17-14-8-4-7-13(9-14)10-18/h3-9,18H,10H2,1-2H3,(H,17,19). The number of amides is 1. The van der Waals surface area contributed by atoms with Crippen LogP contribution in [0.5, 0.6) is 0 Å². The lowest BCUT2D eigenvalue weighted by Crippen LogP contribution is -2.15. The van der Waals surface area contributed by atoms with Crippen LogP contribution in [0.1, 0.15) is 27.0 Å². The molecule has 2 aromatic rings. The van der Waals surface area contributed by atoms with E-state index in [2.05, 4.69) is 5.32 Å². The van der Waals surface area contributed by atoms with Crippen LogP contribution >= 0.6 is 0 Å². The van der Waals surface area contributed by atoms with Crippen molar-refractivity contribution in [3.63, 3.8) is 0 Å². The van der Waals surface area contributed by atoms with Gasteiger partial charge in [-0.25, -0.2) is 0 Å². The fraction of sp³-hybridized carbons (Fsp3) is 0.188. The summed E-state index contributed by atoms with van der Waals surface area (Å²) < 4.78 is 0. The molecule has 0 atom stereocenters. The van der Waals surface area contributed by atoms with Crippen molar-refractivity contribution in [2.75, 3.05) is 5.32 Å². The van der Waals surface area contributed by atoms with Crippen LogP contribution in [0.2, 0.25) is 0 Å². The van der Waals surface area contributed by atoms with Gasteiger partial charge >= 0.3 is 0 Å². The lowest BCUT2D eigenvalue weighted by Gasteiger charge is -2.11. The van der Waals surface area contributed by atoms with E-state index in [9.17, 15) is 4.79 Å². The molecule has 0 aliphatic rings. The van der Waals surface area contributed by atoms with Gasteiger partial charge in [0, 0.05) is 11.3 Å². The molecule has 0 saturated carbocycles. The first-order valence-corrected chi connectivity index (χ1v) is 6.19. The second kappa shape index (κ2) is 5.67. The quantitative estimate of drug-likeness (QED) is 0.885. The van der Waals surface area contributed by atoms with E-state index in [1.807, 2.05) is 50.2 Å². The average molecular weight is 255 g/mol. The largest absolute Gasteiger partial charge is 0.392 e. The molecule has 0 aromatic heterocycles. The maximum atomic E-state index is 12.3. The van der Waals surface area contributed by atoms with Crippen molar-refractivity contribution in [1.82, 2.24) is 0 Å². The lowest BCUT2D eigenvalue weighted by molar-refractivity contribution is 0.102. The number of hydrogen-bond acceptors (Lipinski definition) is 2. The van der Waals surface area contributed by atoms with E-state index in [4.69, 9.17) is 5.11 Å². The molecule has 2 N–H and O–H groups in total. The van der Waals surface area contributed by atoms with Crippen molar-refractivity contribution in [2.45, 2.75) is 20.5 Å². The molecule has 0 radical (unpaired) electrons. The molecular weight excluding hydrogens is 238 g/mol. The monoisotopic (exact) mass is 255 g/mol. The van der Waals surface area contributed by atoms with E-state index in [-0.39, 0.29) is 12.5 Å². The predicted octanol–water partition coefficient (Wildman–Crippen LogP) is 3.05. The lowest BCUT2D eigenvalue weighted by atomic mass is 10.0. The Morgan fingerprint density at radius 1 is 1.11 bits per heavy atom. The number of aliphatic hydroxyl groups excluding tert-OH is 1. The molecule has 2 rings (SSSR count). The Bertz CT molecular complexity index is 585. The van der Waals surface area contributed by atoms with Gasteiger partial charge < -0.3 is 10.4 Å². The topological polar surface area (TPSA) is 49.3 Å². The highest BCUT2D eigenvalue weighted by Crippen LogP contribution is 2.17. The third-order valence-corrected chi connectivity index (χ3v) is 3.08. The molecule has 1 amide bonds. The van der Waals surface area contributed by atoms with Gasteiger partial charge in [-0.15, -0.1) is 0 Å². The molecule has 0 heterocycles. The molecule has 0 bridgehead atoms. The number of carbonyl (C=O) groups excluding carboxylic acids is 1.